The Morgan fingerprint density at radius 2 is 2.00 bits per heavy atom. The monoisotopic (exact) mass is 274 g/mol. The molecule has 0 aromatic carbocycles. The SMILES string of the molecule is C=CCN(CC(=O)N1CCC(C)CC1)S(C)(=O)=O. The second-order valence-corrected chi connectivity index (χ2v) is 6.89. The zero-order valence-corrected chi connectivity index (χ0v) is 11.9. The van der Waals surface area contributed by atoms with Crippen molar-refractivity contribution >= 4 is 15.9 Å². The summed E-state index contributed by atoms with van der Waals surface area (Å²) in [5.74, 6) is 0.530. The topological polar surface area (TPSA) is 57.7 Å². The van der Waals surface area contributed by atoms with Gasteiger partial charge in [0, 0.05) is 19.6 Å². The standard InChI is InChI=1S/C12H22N2O3S/c1-4-7-14(18(3,16)17)10-12(15)13-8-5-11(2)6-9-13/h4,11H,1,5-10H2,2-3H3. The first kappa shape index (κ1) is 15.2. The molecule has 104 valence electrons. The van der Waals surface area contributed by atoms with Gasteiger partial charge in [-0.1, -0.05) is 13.0 Å². The van der Waals surface area contributed by atoms with Crippen molar-refractivity contribution in [2.75, 3.05) is 32.4 Å². The third-order valence-electron chi connectivity index (χ3n) is 3.25. The van der Waals surface area contributed by atoms with Crippen molar-refractivity contribution in [2.24, 2.45) is 5.92 Å². The summed E-state index contributed by atoms with van der Waals surface area (Å²) in [6.45, 7) is 7.23. The van der Waals surface area contributed by atoms with Crippen molar-refractivity contribution in [3.8, 4) is 0 Å². The number of sulfonamides is 1. The van der Waals surface area contributed by atoms with E-state index in [2.05, 4.69) is 13.5 Å². The Balaban J connectivity index is 2.59. The van der Waals surface area contributed by atoms with Crippen molar-refractivity contribution in [1.82, 2.24) is 9.21 Å². The number of hydrogen-bond acceptors (Lipinski definition) is 3. The number of carbonyl (C=O) groups is 1. The van der Waals surface area contributed by atoms with Crippen LogP contribution < -0.4 is 0 Å². The Labute approximate surface area is 110 Å². The van der Waals surface area contributed by atoms with E-state index in [1.54, 1.807) is 4.90 Å². The highest BCUT2D eigenvalue weighted by atomic mass is 32.2. The molecule has 1 aliphatic rings. The molecule has 0 saturated carbocycles. The second-order valence-electron chi connectivity index (χ2n) is 4.91. The van der Waals surface area contributed by atoms with Gasteiger partial charge in [-0.3, -0.25) is 4.79 Å². The molecule has 0 aliphatic carbocycles. The molecule has 0 atom stereocenters. The van der Waals surface area contributed by atoms with E-state index < -0.39 is 10.0 Å². The maximum atomic E-state index is 12.0. The lowest BCUT2D eigenvalue weighted by molar-refractivity contribution is -0.132. The van der Waals surface area contributed by atoms with Gasteiger partial charge in [-0.15, -0.1) is 6.58 Å². The first-order valence-corrected chi connectivity index (χ1v) is 8.03. The Kier molecular flexibility index (Phi) is 5.34. The fraction of sp³-hybridized carbons (Fsp3) is 0.750. The summed E-state index contributed by atoms with van der Waals surface area (Å²) in [7, 11) is -3.36. The van der Waals surface area contributed by atoms with Crippen molar-refractivity contribution in [2.45, 2.75) is 19.8 Å². The molecule has 1 saturated heterocycles. The van der Waals surface area contributed by atoms with Crippen LogP contribution in [0.4, 0.5) is 0 Å². The third kappa shape index (κ3) is 4.42. The molecule has 6 heteroatoms. The van der Waals surface area contributed by atoms with E-state index in [1.807, 2.05) is 0 Å². The van der Waals surface area contributed by atoms with Crippen LogP contribution in [-0.2, 0) is 14.8 Å². The van der Waals surface area contributed by atoms with E-state index in [0.29, 0.717) is 5.92 Å². The van der Waals surface area contributed by atoms with Crippen molar-refractivity contribution in [3.05, 3.63) is 12.7 Å². The maximum Gasteiger partial charge on any atom is 0.237 e. The molecule has 0 aromatic heterocycles. The Morgan fingerprint density at radius 1 is 1.44 bits per heavy atom. The number of carbonyl (C=O) groups excluding carboxylic acids is 1. The highest BCUT2D eigenvalue weighted by molar-refractivity contribution is 7.88. The molecule has 0 N–H and O–H groups in total. The van der Waals surface area contributed by atoms with Crippen LogP contribution in [0.3, 0.4) is 0 Å². The van der Waals surface area contributed by atoms with E-state index in [4.69, 9.17) is 0 Å². The van der Waals surface area contributed by atoms with Gasteiger partial charge < -0.3 is 4.90 Å². The van der Waals surface area contributed by atoms with Crippen LogP contribution in [0, 0.1) is 5.92 Å². The molecule has 0 spiro atoms. The predicted octanol–water partition coefficient (Wildman–Crippen LogP) is 0.693. The molecule has 18 heavy (non-hydrogen) atoms. The first-order chi connectivity index (χ1) is 8.34. The smallest absolute Gasteiger partial charge is 0.237 e. The summed E-state index contributed by atoms with van der Waals surface area (Å²) in [6.07, 6.45) is 4.59. The van der Waals surface area contributed by atoms with Gasteiger partial charge in [-0.25, -0.2) is 8.42 Å². The van der Waals surface area contributed by atoms with Crippen LogP contribution in [0.15, 0.2) is 12.7 Å². The molecular weight excluding hydrogens is 252 g/mol. The second kappa shape index (κ2) is 6.33. The normalized spacial score (nSPS) is 18.1. The number of likely N-dealkylation sites (tertiary alicyclic amines) is 1. The van der Waals surface area contributed by atoms with Gasteiger partial charge in [0.05, 0.1) is 12.8 Å². The lowest BCUT2D eigenvalue weighted by Crippen LogP contribution is -2.45. The fourth-order valence-corrected chi connectivity index (χ4v) is 2.69. The predicted molar refractivity (Wildman–Crippen MR) is 71.6 cm³/mol. The molecule has 5 nitrogen and oxygen atoms in total. The molecule has 0 radical (unpaired) electrons. The van der Waals surface area contributed by atoms with Crippen LogP contribution in [-0.4, -0.2) is 56.0 Å². The van der Waals surface area contributed by atoms with Crippen molar-refractivity contribution in [1.29, 1.82) is 0 Å². The van der Waals surface area contributed by atoms with Gasteiger partial charge in [0.15, 0.2) is 0 Å². The number of nitrogens with zero attached hydrogens (tertiary/aromatic N) is 2. The highest BCUT2D eigenvalue weighted by Crippen LogP contribution is 2.16. The number of piperidine rings is 1. The van der Waals surface area contributed by atoms with Gasteiger partial charge in [-0.2, -0.15) is 4.31 Å². The number of hydrogen-bond donors (Lipinski definition) is 0. The minimum atomic E-state index is -3.36. The average Bonchev–Trinajstić information content (AvgIpc) is 2.28. The molecular formula is C12H22N2O3S. The maximum absolute atomic E-state index is 12.0. The van der Waals surface area contributed by atoms with Gasteiger partial charge >= 0.3 is 0 Å². The Hall–Kier alpha value is -0.880. The van der Waals surface area contributed by atoms with Crippen molar-refractivity contribution in [3.63, 3.8) is 0 Å². The molecule has 1 rings (SSSR count). The van der Waals surface area contributed by atoms with Crippen LogP contribution in [0.5, 0.6) is 0 Å². The minimum absolute atomic E-state index is 0.0841. The average molecular weight is 274 g/mol. The zero-order chi connectivity index (χ0) is 13.8. The summed E-state index contributed by atoms with van der Waals surface area (Å²) in [5.41, 5.74) is 0. The first-order valence-electron chi connectivity index (χ1n) is 6.18. The lowest BCUT2D eigenvalue weighted by atomic mass is 9.99. The highest BCUT2D eigenvalue weighted by Gasteiger charge is 2.24. The fourth-order valence-electron chi connectivity index (χ4n) is 1.97. The summed E-state index contributed by atoms with van der Waals surface area (Å²) in [6, 6.07) is 0. The van der Waals surface area contributed by atoms with E-state index in [1.165, 1.54) is 6.08 Å². The van der Waals surface area contributed by atoms with E-state index in [9.17, 15) is 13.2 Å². The van der Waals surface area contributed by atoms with E-state index >= 15 is 0 Å². The summed E-state index contributed by atoms with van der Waals surface area (Å²) in [5, 5.41) is 0. The van der Waals surface area contributed by atoms with Crippen LogP contribution in [0.1, 0.15) is 19.8 Å². The summed E-state index contributed by atoms with van der Waals surface area (Å²) in [4.78, 5) is 13.8. The van der Waals surface area contributed by atoms with Crippen LogP contribution in [0.25, 0.3) is 0 Å². The Bertz CT molecular complexity index is 398. The van der Waals surface area contributed by atoms with Gasteiger partial charge in [0.2, 0.25) is 15.9 Å². The largest absolute Gasteiger partial charge is 0.342 e. The van der Waals surface area contributed by atoms with Gasteiger partial charge in [-0.05, 0) is 18.8 Å². The van der Waals surface area contributed by atoms with Gasteiger partial charge in [0.25, 0.3) is 0 Å². The van der Waals surface area contributed by atoms with E-state index in [0.717, 1.165) is 36.5 Å². The third-order valence-corrected chi connectivity index (χ3v) is 4.47. The molecule has 0 unspecified atom stereocenters. The van der Waals surface area contributed by atoms with Crippen LogP contribution >= 0.6 is 0 Å². The molecule has 0 bridgehead atoms. The molecule has 1 amide bonds. The molecule has 1 aliphatic heterocycles. The van der Waals surface area contributed by atoms with Crippen LogP contribution in [0.2, 0.25) is 0 Å². The quantitative estimate of drug-likeness (QED) is 0.693. The lowest BCUT2D eigenvalue weighted by Gasteiger charge is -2.31. The Morgan fingerprint density at radius 3 is 2.44 bits per heavy atom. The summed E-state index contributed by atoms with van der Waals surface area (Å²) < 4.78 is 24.2. The summed E-state index contributed by atoms with van der Waals surface area (Å²) >= 11 is 0. The molecule has 1 heterocycles. The van der Waals surface area contributed by atoms with Crippen molar-refractivity contribution < 1.29 is 13.2 Å². The van der Waals surface area contributed by atoms with E-state index in [-0.39, 0.29) is 19.0 Å². The molecule has 0 aromatic rings. The van der Waals surface area contributed by atoms with Gasteiger partial charge in [0.1, 0.15) is 0 Å². The number of amides is 1. The number of rotatable bonds is 5. The minimum Gasteiger partial charge on any atom is -0.342 e. The molecule has 1 fully saturated rings. The zero-order valence-electron chi connectivity index (χ0n) is 11.1.